The molecule has 1 N–H and O–H groups in total. The number of hydrogen-bond acceptors (Lipinski definition) is 2. The van der Waals surface area contributed by atoms with E-state index in [2.05, 4.69) is 65.8 Å². The monoisotopic (exact) mass is 344 g/mol. The summed E-state index contributed by atoms with van der Waals surface area (Å²) in [6, 6.07) is 14.4. The van der Waals surface area contributed by atoms with Crippen molar-refractivity contribution in [3.05, 3.63) is 48.0 Å². The summed E-state index contributed by atoms with van der Waals surface area (Å²) >= 11 is 0. The van der Waals surface area contributed by atoms with Crippen LogP contribution in [-0.2, 0) is 4.43 Å². The normalized spacial score (nSPS) is 14.1. The average Bonchev–Trinajstić information content (AvgIpc) is 2.53. The van der Waals surface area contributed by atoms with Crippen LogP contribution in [0.15, 0.2) is 42.5 Å². The molecule has 0 bridgehead atoms. The van der Waals surface area contributed by atoms with Gasteiger partial charge in [0.1, 0.15) is 6.10 Å². The van der Waals surface area contributed by atoms with E-state index in [4.69, 9.17) is 4.43 Å². The van der Waals surface area contributed by atoms with Crippen LogP contribution in [0.3, 0.4) is 0 Å². The third-order valence-electron chi connectivity index (χ3n) is 5.36. The molecule has 2 aromatic carbocycles. The van der Waals surface area contributed by atoms with E-state index < -0.39 is 14.4 Å². The molecule has 0 unspecified atom stereocenters. The topological polar surface area (TPSA) is 29.5 Å². The fraction of sp³-hybridized carbons (Fsp3) is 0.524. The van der Waals surface area contributed by atoms with Gasteiger partial charge in [0, 0.05) is 0 Å². The molecule has 2 rings (SSSR count). The highest BCUT2D eigenvalue weighted by Crippen LogP contribution is 2.42. The van der Waals surface area contributed by atoms with Gasteiger partial charge in [0.15, 0.2) is 8.32 Å². The maximum Gasteiger partial charge on any atom is 0.200 e. The zero-order valence-electron chi connectivity index (χ0n) is 15.9. The molecule has 0 amide bonds. The average molecular weight is 345 g/mol. The Morgan fingerprint density at radius 1 is 0.833 bits per heavy atom. The van der Waals surface area contributed by atoms with Gasteiger partial charge in [0.25, 0.3) is 0 Å². The van der Waals surface area contributed by atoms with Crippen molar-refractivity contribution in [3.63, 3.8) is 0 Å². The van der Waals surface area contributed by atoms with Crippen molar-refractivity contribution in [1.29, 1.82) is 0 Å². The van der Waals surface area contributed by atoms with Gasteiger partial charge in [-0.25, -0.2) is 0 Å². The maximum atomic E-state index is 10.7. The van der Waals surface area contributed by atoms with Gasteiger partial charge in [-0.3, -0.25) is 0 Å². The van der Waals surface area contributed by atoms with Crippen molar-refractivity contribution < 1.29 is 9.53 Å². The Kier molecular flexibility index (Phi) is 6.24. The smallest absolute Gasteiger partial charge is 0.200 e. The standard InChI is InChI=1S/C21H32O2Si/c1-15(2)24(16(3)4,17(5)6)23-14-21(22)20-12-11-18-9-7-8-10-19(18)13-20/h7-13,15-17,21-22H,14H2,1-6H3/t21-/m1/s1. The molecule has 0 saturated heterocycles. The Bertz CT molecular complexity index is 642. The molecule has 0 spiro atoms. The van der Waals surface area contributed by atoms with E-state index in [1.54, 1.807) is 0 Å². The molecule has 0 saturated carbocycles. The minimum absolute atomic E-state index is 0.388. The predicted molar refractivity (Wildman–Crippen MR) is 106 cm³/mol. The first-order chi connectivity index (χ1) is 11.3. The summed E-state index contributed by atoms with van der Waals surface area (Å²) in [4.78, 5) is 0. The van der Waals surface area contributed by atoms with E-state index in [9.17, 15) is 5.11 Å². The summed E-state index contributed by atoms with van der Waals surface area (Å²) in [6.45, 7) is 14.0. The van der Waals surface area contributed by atoms with Crippen LogP contribution in [0, 0.1) is 0 Å². The highest BCUT2D eigenvalue weighted by molar-refractivity contribution is 6.77. The quantitative estimate of drug-likeness (QED) is 0.618. The first kappa shape index (κ1) is 19.2. The van der Waals surface area contributed by atoms with Gasteiger partial charge in [-0.05, 0) is 39.0 Å². The molecule has 0 fully saturated rings. The van der Waals surface area contributed by atoms with Gasteiger partial charge < -0.3 is 9.53 Å². The van der Waals surface area contributed by atoms with Crippen LogP contribution in [0.4, 0.5) is 0 Å². The number of fused-ring (bicyclic) bond motifs is 1. The van der Waals surface area contributed by atoms with Crippen LogP contribution in [0.25, 0.3) is 10.8 Å². The Morgan fingerprint density at radius 3 is 1.92 bits per heavy atom. The van der Waals surface area contributed by atoms with Crippen molar-refractivity contribution in [3.8, 4) is 0 Å². The molecule has 132 valence electrons. The number of aliphatic hydroxyl groups excluding tert-OH is 1. The van der Waals surface area contributed by atoms with Crippen LogP contribution in [-0.4, -0.2) is 20.0 Å². The van der Waals surface area contributed by atoms with Crippen LogP contribution in [0.2, 0.25) is 16.6 Å². The number of benzene rings is 2. The Labute approximate surface area is 148 Å². The summed E-state index contributed by atoms with van der Waals surface area (Å²) in [7, 11) is -1.94. The number of aliphatic hydroxyl groups is 1. The fourth-order valence-electron chi connectivity index (χ4n) is 4.23. The number of rotatable bonds is 7. The SMILES string of the molecule is CC(C)[Si](OC[C@@H](O)c1ccc2ccccc2c1)(C(C)C)C(C)C. The minimum atomic E-state index is -1.94. The summed E-state index contributed by atoms with van der Waals surface area (Å²) in [6.07, 6.45) is -0.572. The van der Waals surface area contributed by atoms with E-state index in [0.29, 0.717) is 23.2 Å². The zero-order chi connectivity index (χ0) is 17.9. The molecule has 24 heavy (non-hydrogen) atoms. The van der Waals surface area contributed by atoms with E-state index >= 15 is 0 Å². The first-order valence-corrected chi connectivity index (χ1v) is 11.2. The highest BCUT2D eigenvalue weighted by atomic mass is 28.4. The number of hydrogen-bond donors (Lipinski definition) is 1. The lowest BCUT2D eigenvalue weighted by Gasteiger charge is -2.42. The molecule has 2 nitrogen and oxygen atoms in total. The van der Waals surface area contributed by atoms with Gasteiger partial charge in [-0.15, -0.1) is 0 Å². The Morgan fingerprint density at radius 2 is 1.38 bits per heavy atom. The largest absolute Gasteiger partial charge is 0.413 e. The molecule has 0 aliphatic heterocycles. The summed E-state index contributed by atoms with van der Waals surface area (Å²) in [5.41, 5.74) is 2.52. The molecule has 0 aliphatic carbocycles. The maximum absolute atomic E-state index is 10.7. The van der Waals surface area contributed by atoms with Crippen molar-refractivity contribution in [2.24, 2.45) is 0 Å². The molecule has 0 aromatic heterocycles. The molecule has 3 heteroatoms. The van der Waals surface area contributed by atoms with Crippen molar-refractivity contribution in [2.45, 2.75) is 64.3 Å². The van der Waals surface area contributed by atoms with Crippen LogP contribution >= 0.6 is 0 Å². The fourth-order valence-corrected chi connectivity index (χ4v) is 9.68. The van der Waals surface area contributed by atoms with E-state index in [-0.39, 0.29) is 0 Å². The van der Waals surface area contributed by atoms with Crippen LogP contribution in [0.5, 0.6) is 0 Å². The Balaban J connectivity index is 2.19. The molecule has 0 radical (unpaired) electrons. The first-order valence-electron chi connectivity index (χ1n) is 9.09. The van der Waals surface area contributed by atoms with Crippen molar-refractivity contribution in [2.75, 3.05) is 6.61 Å². The van der Waals surface area contributed by atoms with Crippen LogP contribution in [0.1, 0.15) is 53.2 Å². The van der Waals surface area contributed by atoms with Gasteiger partial charge in [-0.2, -0.15) is 0 Å². The van der Waals surface area contributed by atoms with Gasteiger partial charge in [0.05, 0.1) is 6.61 Å². The van der Waals surface area contributed by atoms with Crippen molar-refractivity contribution >= 4 is 19.1 Å². The van der Waals surface area contributed by atoms with E-state index in [0.717, 1.165) is 10.9 Å². The minimum Gasteiger partial charge on any atom is -0.413 e. The Hall–Kier alpha value is -1.16. The summed E-state index contributed by atoms with van der Waals surface area (Å²) in [5, 5.41) is 13.0. The third kappa shape index (κ3) is 3.74. The lowest BCUT2D eigenvalue weighted by molar-refractivity contribution is 0.0979. The zero-order valence-corrected chi connectivity index (χ0v) is 16.9. The molecule has 2 aromatic rings. The second-order valence-electron chi connectivity index (χ2n) is 7.75. The second-order valence-corrected chi connectivity index (χ2v) is 13.2. The molecular formula is C21H32O2Si. The molecular weight excluding hydrogens is 312 g/mol. The summed E-state index contributed by atoms with van der Waals surface area (Å²) < 4.78 is 6.53. The molecule has 1 atom stereocenters. The van der Waals surface area contributed by atoms with Gasteiger partial charge >= 0.3 is 0 Å². The second kappa shape index (κ2) is 7.81. The molecule has 0 aliphatic rings. The lowest BCUT2D eigenvalue weighted by Crippen LogP contribution is -2.48. The lowest BCUT2D eigenvalue weighted by atomic mass is 10.0. The third-order valence-corrected chi connectivity index (χ3v) is 11.4. The van der Waals surface area contributed by atoms with Crippen molar-refractivity contribution in [1.82, 2.24) is 0 Å². The molecule has 0 heterocycles. The predicted octanol–water partition coefficient (Wildman–Crippen LogP) is 6.07. The van der Waals surface area contributed by atoms with Gasteiger partial charge in [0.2, 0.25) is 0 Å². The van der Waals surface area contributed by atoms with E-state index in [1.807, 2.05) is 18.2 Å². The van der Waals surface area contributed by atoms with Gasteiger partial charge in [-0.1, -0.05) is 77.9 Å². The summed E-state index contributed by atoms with van der Waals surface area (Å²) in [5.74, 6) is 0. The van der Waals surface area contributed by atoms with E-state index in [1.165, 1.54) is 5.39 Å². The highest BCUT2D eigenvalue weighted by Gasteiger charge is 2.45. The van der Waals surface area contributed by atoms with Crippen LogP contribution < -0.4 is 0 Å².